The van der Waals surface area contributed by atoms with E-state index in [-0.39, 0.29) is 16.8 Å². The largest absolute Gasteiger partial charge is 0.478 e. The van der Waals surface area contributed by atoms with Gasteiger partial charge in [-0.1, -0.05) is 6.07 Å². The molecule has 0 unspecified atom stereocenters. The van der Waals surface area contributed by atoms with Gasteiger partial charge in [0, 0.05) is 6.20 Å². The van der Waals surface area contributed by atoms with Crippen LogP contribution >= 0.6 is 0 Å². The van der Waals surface area contributed by atoms with Gasteiger partial charge in [0.25, 0.3) is 5.91 Å². The zero-order valence-corrected chi connectivity index (χ0v) is 10.6. The molecule has 0 radical (unpaired) electrons. The van der Waals surface area contributed by atoms with Crippen LogP contribution in [0.15, 0.2) is 36.7 Å². The molecule has 6 heteroatoms. The second kappa shape index (κ2) is 5.48. The zero-order valence-electron chi connectivity index (χ0n) is 10.6. The third-order valence-corrected chi connectivity index (χ3v) is 2.61. The van der Waals surface area contributed by atoms with Crippen molar-refractivity contribution in [3.8, 4) is 0 Å². The van der Waals surface area contributed by atoms with Crippen molar-refractivity contribution in [2.75, 3.05) is 5.32 Å². The Balaban J connectivity index is 2.23. The molecule has 2 rings (SSSR count). The van der Waals surface area contributed by atoms with E-state index in [2.05, 4.69) is 10.3 Å². The summed E-state index contributed by atoms with van der Waals surface area (Å²) in [5.41, 5.74) is 0.715. The minimum absolute atomic E-state index is 0.0628. The first-order valence-corrected chi connectivity index (χ1v) is 5.73. The minimum Gasteiger partial charge on any atom is -0.478 e. The van der Waals surface area contributed by atoms with Crippen molar-refractivity contribution >= 4 is 17.6 Å². The molecule has 1 aromatic carbocycles. The molecule has 0 bridgehead atoms. The van der Waals surface area contributed by atoms with E-state index in [1.807, 2.05) is 0 Å². The highest BCUT2D eigenvalue weighted by Crippen LogP contribution is 2.14. The SMILES string of the molecule is Cc1ccc(C(=O)Nc2cncc(C(=O)O)c2)c(F)c1. The van der Waals surface area contributed by atoms with Crippen molar-refractivity contribution in [2.24, 2.45) is 0 Å². The first kappa shape index (κ1) is 13.7. The maximum absolute atomic E-state index is 13.6. The van der Waals surface area contributed by atoms with Gasteiger partial charge in [-0.05, 0) is 30.7 Å². The molecule has 0 spiro atoms. The number of hydrogen-bond acceptors (Lipinski definition) is 3. The average molecular weight is 274 g/mol. The first-order valence-electron chi connectivity index (χ1n) is 5.73. The van der Waals surface area contributed by atoms with Gasteiger partial charge in [0.15, 0.2) is 0 Å². The number of hydrogen-bond donors (Lipinski definition) is 2. The fourth-order valence-electron chi connectivity index (χ4n) is 1.63. The molecular formula is C14H11FN2O3. The normalized spacial score (nSPS) is 10.1. The van der Waals surface area contributed by atoms with Gasteiger partial charge >= 0.3 is 5.97 Å². The number of nitrogens with zero attached hydrogens (tertiary/aromatic N) is 1. The summed E-state index contributed by atoms with van der Waals surface area (Å²) in [5.74, 6) is -2.45. The number of carboxylic acids is 1. The quantitative estimate of drug-likeness (QED) is 0.901. The lowest BCUT2D eigenvalue weighted by Gasteiger charge is -2.07. The van der Waals surface area contributed by atoms with Crippen LogP contribution in [0.1, 0.15) is 26.3 Å². The Labute approximate surface area is 114 Å². The second-order valence-corrected chi connectivity index (χ2v) is 4.20. The standard InChI is InChI=1S/C14H11FN2O3/c1-8-2-3-11(12(15)4-8)13(18)17-10-5-9(14(19)20)6-16-7-10/h2-7H,1H3,(H,17,18)(H,19,20). The molecule has 1 heterocycles. The number of amides is 1. The van der Waals surface area contributed by atoms with Crippen LogP contribution in [-0.2, 0) is 0 Å². The molecule has 0 aliphatic heterocycles. The molecule has 5 nitrogen and oxygen atoms in total. The third kappa shape index (κ3) is 2.97. The summed E-state index contributed by atoms with van der Waals surface area (Å²) in [6.07, 6.45) is 2.45. The summed E-state index contributed by atoms with van der Waals surface area (Å²) in [4.78, 5) is 26.4. The lowest BCUT2D eigenvalue weighted by atomic mass is 10.1. The maximum Gasteiger partial charge on any atom is 0.337 e. The monoisotopic (exact) mass is 274 g/mol. The smallest absolute Gasteiger partial charge is 0.337 e. The van der Waals surface area contributed by atoms with E-state index in [1.165, 1.54) is 24.4 Å². The summed E-state index contributed by atoms with van der Waals surface area (Å²) in [7, 11) is 0. The number of aryl methyl sites for hydroxylation is 1. The summed E-state index contributed by atoms with van der Waals surface area (Å²) in [6.45, 7) is 1.71. The molecule has 20 heavy (non-hydrogen) atoms. The Bertz CT molecular complexity index is 686. The van der Waals surface area contributed by atoms with Gasteiger partial charge in [0.2, 0.25) is 0 Å². The van der Waals surface area contributed by atoms with Gasteiger partial charge in [-0.3, -0.25) is 9.78 Å². The molecule has 2 aromatic rings. The van der Waals surface area contributed by atoms with Crippen LogP contribution in [0.2, 0.25) is 0 Å². The van der Waals surface area contributed by atoms with Gasteiger partial charge < -0.3 is 10.4 Å². The number of rotatable bonds is 3. The van der Waals surface area contributed by atoms with Gasteiger partial charge in [0.1, 0.15) is 5.82 Å². The highest BCUT2D eigenvalue weighted by molar-refractivity contribution is 6.04. The molecule has 0 aliphatic rings. The molecule has 0 fully saturated rings. The van der Waals surface area contributed by atoms with Crippen molar-refractivity contribution in [2.45, 2.75) is 6.92 Å². The van der Waals surface area contributed by atoms with E-state index >= 15 is 0 Å². The first-order chi connectivity index (χ1) is 9.47. The van der Waals surface area contributed by atoms with E-state index in [4.69, 9.17) is 5.11 Å². The number of aromatic carboxylic acids is 1. The Morgan fingerprint density at radius 2 is 2.00 bits per heavy atom. The van der Waals surface area contributed by atoms with Crippen LogP contribution < -0.4 is 5.32 Å². The Morgan fingerprint density at radius 3 is 2.65 bits per heavy atom. The topological polar surface area (TPSA) is 79.3 Å². The van der Waals surface area contributed by atoms with Gasteiger partial charge in [-0.2, -0.15) is 0 Å². The van der Waals surface area contributed by atoms with Crippen molar-refractivity contribution in [3.05, 3.63) is 59.2 Å². The Kier molecular flexibility index (Phi) is 3.74. The molecule has 0 saturated carbocycles. The predicted octanol–water partition coefficient (Wildman–Crippen LogP) is 2.48. The second-order valence-electron chi connectivity index (χ2n) is 4.20. The molecule has 2 N–H and O–H groups in total. The highest BCUT2D eigenvalue weighted by Gasteiger charge is 2.13. The third-order valence-electron chi connectivity index (χ3n) is 2.61. The van der Waals surface area contributed by atoms with Crippen LogP contribution in [0, 0.1) is 12.7 Å². The number of aromatic nitrogens is 1. The summed E-state index contributed by atoms with van der Waals surface area (Å²) >= 11 is 0. The number of benzene rings is 1. The van der Waals surface area contributed by atoms with E-state index in [1.54, 1.807) is 13.0 Å². The number of carboxylic acid groups (broad SMARTS) is 1. The van der Waals surface area contributed by atoms with E-state index in [0.717, 1.165) is 6.20 Å². The Hall–Kier alpha value is -2.76. The predicted molar refractivity (Wildman–Crippen MR) is 70.3 cm³/mol. The highest BCUT2D eigenvalue weighted by atomic mass is 19.1. The average Bonchev–Trinajstić information content (AvgIpc) is 2.38. The van der Waals surface area contributed by atoms with Crippen LogP contribution in [0.3, 0.4) is 0 Å². The molecule has 1 aromatic heterocycles. The van der Waals surface area contributed by atoms with Gasteiger partial charge in [-0.15, -0.1) is 0 Å². The lowest BCUT2D eigenvalue weighted by molar-refractivity contribution is 0.0696. The van der Waals surface area contributed by atoms with Crippen molar-refractivity contribution < 1.29 is 19.1 Å². The van der Waals surface area contributed by atoms with Crippen molar-refractivity contribution in [1.82, 2.24) is 4.98 Å². The fourth-order valence-corrected chi connectivity index (χ4v) is 1.63. The lowest BCUT2D eigenvalue weighted by Crippen LogP contribution is -2.14. The number of anilines is 1. The van der Waals surface area contributed by atoms with Gasteiger partial charge in [0.05, 0.1) is 23.0 Å². The van der Waals surface area contributed by atoms with Crippen LogP contribution in [0.4, 0.5) is 10.1 Å². The molecule has 0 atom stereocenters. The van der Waals surface area contributed by atoms with Crippen LogP contribution in [-0.4, -0.2) is 22.0 Å². The van der Waals surface area contributed by atoms with E-state index in [0.29, 0.717) is 5.56 Å². The van der Waals surface area contributed by atoms with E-state index < -0.39 is 17.7 Å². The molecular weight excluding hydrogens is 263 g/mol. The van der Waals surface area contributed by atoms with Crippen molar-refractivity contribution in [1.29, 1.82) is 0 Å². The number of carbonyl (C=O) groups is 2. The summed E-state index contributed by atoms with van der Waals surface area (Å²) in [5, 5.41) is 11.2. The Morgan fingerprint density at radius 1 is 1.25 bits per heavy atom. The number of halogens is 1. The minimum atomic E-state index is -1.16. The fraction of sp³-hybridized carbons (Fsp3) is 0.0714. The van der Waals surface area contributed by atoms with E-state index in [9.17, 15) is 14.0 Å². The number of pyridine rings is 1. The summed E-state index contributed by atoms with van der Waals surface area (Å²) < 4.78 is 13.6. The maximum atomic E-state index is 13.6. The van der Waals surface area contributed by atoms with Crippen molar-refractivity contribution in [3.63, 3.8) is 0 Å². The number of carbonyl (C=O) groups excluding carboxylic acids is 1. The van der Waals surface area contributed by atoms with Crippen LogP contribution in [0.25, 0.3) is 0 Å². The summed E-state index contributed by atoms with van der Waals surface area (Å²) in [6, 6.07) is 5.48. The zero-order chi connectivity index (χ0) is 14.7. The molecule has 102 valence electrons. The molecule has 0 aliphatic carbocycles. The number of nitrogens with one attached hydrogen (secondary N) is 1. The molecule has 0 saturated heterocycles. The van der Waals surface area contributed by atoms with Gasteiger partial charge in [-0.25, -0.2) is 9.18 Å². The van der Waals surface area contributed by atoms with Crippen LogP contribution in [0.5, 0.6) is 0 Å². The molecule has 1 amide bonds.